The number of carbonyl (C=O) groups excluding carboxylic acids is 1. The summed E-state index contributed by atoms with van der Waals surface area (Å²) >= 11 is 3.51. The van der Waals surface area contributed by atoms with E-state index in [0.29, 0.717) is 5.92 Å². The number of hydrogen-bond donors (Lipinski definition) is 1. The average Bonchev–Trinajstić information content (AvgIpc) is 2.54. The maximum atomic E-state index is 12.5. The second kappa shape index (κ2) is 8.26. The van der Waals surface area contributed by atoms with Gasteiger partial charge in [-0.2, -0.15) is 0 Å². The number of carbonyl (C=O) groups is 1. The van der Waals surface area contributed by atoms with E-state index in [2.05, 4.69) is 61.9 Å². The van der Waals surface area contributed by atoms with Crippen molar-refractivity contribution in [3.05, 3.63) is 57.6 Å². The number of para-hydroxylation sites is 1. The van der Waals surface area contributed by atoms with Crippen molar-refractivity contribution in [2.24, 2.45) is 0 Å². The second-order valence-corrected chi connectivity index (χ2v) is 8.84. The zero-order valence-electron chi connectivity index (χ0n) is 16.4. The summed E-state index contributed by atoms with van der Waals surface area (Å²) in [6.07, 6.45) is 0. The van der Waals surface area contributed by atoms with Gasteiger partial charge in [0, 0.05) is 15.7 Å². The Morgan fingerprint density at radius 3 is 2.50 bits per heavy atom. The Bertz CT molecular complexity index is 791. The molecule has 2 rings (SSSR count). The molecular weight excluding hydrogens is 390 g/mol. The fraction of sp³-hybridized carbons (Fsp3) is 0.409. The quantitative estimate of drug-likeness (QED) is 0.628. The number of anilines is 1. The molecule has 0 unspecified atom stereocenters. The highest BCUT2D eigenvalue weighted by molar-refractivity contribution is 9.10. The second-order valence-electron chi connectivity index (χ2n) is 7.92. The molecule has 0 atom stereocenters. The minimum Gasteiger partial charge on any atom is -0.483 e. The van der Waals surface area contributed by atoms with Crippen molar-refractivity contribution in [2.75, 3.05) is 11.9 Å². The molecule has 0 heterocycles. The minimum absolute atomic E-state index is 0.0173. The Hall–Kier alpha value is -1.81. The van der Waals surface area contributed by atoms with Crippen LogP contribution in [0.25, 0.3) is 0 Å². The van der Waals surface area contributed by atoms with Crippen LogP contribution in [0.15, 0.2) is 40.9 Å². The molecule has 4 heteroatoms. The van der Waals surface area contributed by atoms with Crippen molar-refractivity contribution in [1.82, 2.24) is 0 Å². The van der Waals surface area contributed by atoms with Crippen LogP contribution in [0.3, 0.4) is 0 Å². The van der Waals surface area contributed by atoms with Crippen LogP contribution in [0, 0.1) is 6.92 Å². The first-order valence-corrected chi connectivity index (χ1v) is 9.71. The summed E-state index contributed by atoms with van der Waals surface area (Å²) in [7, 11) is 0. The number of aryl methyl sites for hydroxylation is 1. The molecule has 1 N–H and O–H groups in total. The summed E-state index contributed by atoms with van der Waals surface area (Å²) in [6, 6.07) is 12.0. The van der Waals surface area contributed by atoms with Crippen molar-refractivity contribution >= 4 is 27.5 Å². The van der Waals surface area contributed by atoms with Crippen LogP contribution >= 0.6 is 15.9 Å². The van der Waals surface area contributed by atoms with Gasteiger partial charge in [0.2, 0.25) is 0 Å². The molecule has 0 saturated carbocycles. The zero-order valence-corrected chi connectivity index (χ0v) is 18.0. The van der Waals surface area contributed by atoms with Crippen LogP contribution in [0.5, 0.6) is 5.75 Å². The summed E-state index contributed by atoms with van der Waals surface area (Å²) in [5.41, 5.74) is 4.08. The fourth-order valence-corrected chi connectivity index (χ4v) is 3.24. The summed E-state index contributed by atoms with van der Waals surface area (Å²) in [4.78, 5) is 12.5. The van der Waals surface area contributed by atoms with E-state index in [4.69, 9.17) is 4.74 Å². The van der Waals surface area contributed by atoms with E-state index in [0.717, 1.165) is 32.6 Å². The molecule has 0 aliphatic heterocycles. The largest absolute Gasteiger partial charge is 0.483 e. The molecule has 140 valence electrons. The lowest BCUT2D eigenvalue weighted by molar-refractivity contribution is -0.118. The molecule has 2 aromatic rings. The van der Waals surface area contributed by atoms with E-state index in [9.17, 15) is 4.79 Å². The summed E-state index contributed by atoms with van der Waals surface area (Å²) < 4.78 is 6.86. The van der Waals surface area contributed by atoms with Gasteiger partial charge in [-0.1, -0.05) is 68.7 Å². The minimum atomic E-state index is -0.149. The number of nitrogens with one attached hydrogen (secondary N) is 1. The third-order valence-corrected chi connectivity index (χ3v) is 4.79. The van der Waals surface area contributed by atoms with Gasteiger partial charge in [0.1, 0.15) is 5.75 Å². The molecule has 2 aromatic carbocycles. The number of halogens is 1. The van der Waals surface area contributed by atoms with Crippen molar-refractivity contribution in [2.45, 2.75) is 52.9 Å². The SMILES string of the molecule is Cc1cccc(C(C)C)c1NC(=O)COc1ccc(Br)cc1C(C)(C)C. The van der Waals surface area contributed by atoms with Crippen LogP contribution in [0.1, 0.15) is 57.2 Å². The molecule has 0 aliphatic carbocycles. The maximum Gasteiger partial charge on any atom is 0.262 e. The highest BCUT2D eigenvalue weighted by atomic mass is 79.9. The first-order chi connectivity index (χ1) is 12.1. The van der Waals surface area contributed by atoms with Crippen LogP contribution < -0.4 is 10.1 Å². The molecule has 1 amide bonds. The molecule has 0 spiro atoms. The van der Waals surface area contributed by atoms with Gasteiger partial charge in [-0.05, 0) is 47.6 Å². The molecule has 0 fully saturated rings. The van der Waals surface area contributed by atoms with Crippen LogP contribution in [-0.2, 0) is 10.2 Å². The Labute approximate surface area is 165 Å². The summed E-state index contributed by atoms with van der Waals surface area (Å²) in [6.45, 7) is 12.6. The molecule has 3 nitrogen and oxygen atoms in total. The van der Waals surface area contributed by atoms with Gasteiger partial charge in [-0.3, -0.25) is 4.79 Å². The normalized spacial score (nSPS) is 11.5. The molecule has 0 aromatic heterocycles. The highest BCUT2D eigenvalue weighted by Gasteiger charge is 2.20. The lowest BCUT2D eigenvalue weighted by Crippen LogP contribution is -2.23. The number of ether oxygens (including phenoxy) is 1. The lowest BCUT2D eigenvalue weighted by Gasteiger charge is -2.23. The fourth-order valence-electron chi connectivity index (χ4n) is 2.88. The Balaban J connectivity index is 2.14. The van der Waals surface area contributed by atoms with Crippen LogP contribution in [0.2, 0.25) is 0 Å². The molecule has 0 bridgehead atoms. The number of benzene rings is 2. The smallest absolute Gasteiger partial charge is 0.262 e. The van der Waals surface area contributed by atoms with E-state index < -0.39 is 0 Å². The van der Waals surface area contributed by atoms with Gasteiger partial charge < -0.3 is 10.1 Å². The lowest BCUT2D eigenvalue weighted by atomic mass is 9.86. The maximum absolute atomic E-state index is 12.5. The number of rotatable bonds is 5. The van der Waals surface area contributed by atoms with Crippen molar-refractivity contribution in [3.8, 4) is 5.75 Å². The van der Waals surface area contributed by atoms with Gasteiger partial charge in [-0.15, -0.1) is 0 Å². The molecule has 0 radical (unpaired) electrons. The predicted molar refractivity (Wildman–Crippen MR) is 112 cm³/mol. The van der Waals surface area contributed by atoms with Gasteiger partial charge in [-0.25, -0.2) is 0 Å². The monoisotopic (exact) mass is 417 g/mol. The molecule has 0 aliphatic rings. The Kier molecular flexibility index (Phi) is 6.51. The summed E-state index contributed by atoms with van der Waals surface area (Å²) in [5.74, 6) is 0.929. The van der Waals surface area contributed by atoms with Crippen molar-refractivity contribution < 1.29 is 9.53 Å². The number of amides is 1. The first kappa shape index (κ1) is 20.5. The van der Waals surface area contributed by atoms with Gasteiger partial charge in [0.05, 0.1) is 0 Å². The van der Waals surface area contributed by atoms with Gasteiger partial charge in [0.15, 0.2) is 6.61 Å². The molecule has 26 heavy (non-hydrogen) atoms. The molecular formula is C22H28BrNO2. The Morgan fingerprint density at radius 1 is 1.19 bits per heavy atom. The third-order valence-electron chi connectivity index (χ3n) is 4.30. The predicted octanol–water partition coefficient (Wildman–Crippen LogP) is 6.20. The van der Waals surface area contributed by atoms with Crippen LogP contribution in [-0.4, -0.2) is 12.5 Å². The van der Waals surface area contributed by atoms with Crippen molar-refractivity contribution in [1.29, 1.82) is 0 Å². The number of hydrogen-bond acceptors (Lipinski definition) is 2. The topological polar surface area (TPSA) is 38.3 Å². The van der Waals surface area contributed by atoms with E-state index in [1.165, 1.54) is 0 Å². The highest BCUT2D eigenvalue weighted by Crippen LogP contribution is 2.34. The van der Waals surface area contributed by atoms with E-state index in [1.807, 2.05) is 37.3 Å². The van der Waals surface area contributed by atoms with Gasteiger partial charge >= 0.3 is 0 Å². The van der Waals surface area contributed by atoms with E-state index >= 15 is 0 Å². The average molecular weight is 418 g/mol. The Morgan fingerprint density at radius 2 is 1.88 bits per heavy atom. The summed E-state index contributed by atoms with van der Waals surface area (Å²) in [5, 5.41) is 3.03. The third kappa shape index (κ3) is 5.10. The first-order valence-electron chi connectivity index (χ1n) is 8.91. The van der Waals surface area contributed by atoms with E-state index in [-0.39, 0.29) is 17.9 Å². The van der Waals surface area contributed by atoms with Crippen LogP contribution in [0.4, 0.5) is 5.69 Å². The van der Waals surface area contributed by atoms with Gasteiger partial charge in [0.25, 0.3) is 5.91 Å². The standard InChI is InChI=1S/C22H28BrNO2/c1-14(2)17-9-7-8-15(3)21(17)24-20(25)13-26-19-11-10-16(23)12-18(19)22(4,5)6/h7-12,14H,13H2,1-6H3,(H,24,25). The molecule has 0 saturated heterocycles. The van der Waals surface area contributed by atoms with E-state index in [1.54, 1.807) is 0 Å². The zero-order chi connectivity index (χ0) is 19.5. The van der Waals surface area contributed by atoms with Crippen molar-refractivity contribution in [3.63, 3.8) is 0 Å².